The van der Waals surface area contributed by atoms with Crippen molar-refractivity contribution in [3.05, 3.63) is 17.3 Å². The van der Waals surface area contributed by atoms with Gasteiger partial charge in [-0.25, -0.2) is 9.78 Å². The van der Waals surface area contributed by atoms with Crippen molar-refractivity contribution < 1.29 is 13.9 Å². The van der Waals surface area contributed by atoms with E-state index in [9.17, 15) is 4.79 Å². The molecule has 0 aromatic carbocycles. The number of nitrogens with zero attached hydrogens (tertiary/aromatic N) is 1. The van der Waals surface area contributed by atoms with Crippen LogP contribution >= 0.6 is 0 Å². The molecule has 2 aliphatic rings. The highest BCUT2D eigenvalue weighted by Crippen LogP contribution is 2.38. The molecule has 116 valence electrons. The van der Waals surface area contributed by atoms with Crippen LogP contribution in [0.15, 0.2) is 4.42 Å². The SMILES string of the molecule is Cc1nc(CNC(=O)NC2CCOC(C3CC3)C2)oc1C. The molecule has 2 fully saturated rings. The molecule has 0 bridgehead atoms. The summed E-state index contributed by atoms with van der Waals surface area (Å²) in [5, 5.41) is 5.82. The third-order valence-electron chi connectivity index (χ3n) is 4.27. The van der Waals surface area contributed by atoms with E-state index in [-0.39, 0.29) is 12.1 Å². The van der Waals surface area contributed by atoms with Crippen molar-refractivity contribution in [1.29, 1.82) is 0 Å². The number of hydrogen-bond acceptors (Lipinski definition) is 4. The smallest absolute Gasteiger partial charge is 0.315 e. The van der Waals surface area contributed by atoms with Gasteiger partial charge in [0.25, 0.3) is 0 Å². The third-order valence-corrected chi connectivity index (χ3v) is 4.27. The van der Waals surface area contributed by atoms with Crippen molar-refractivity contribution in [3.63, 3.8) is 0 Å². The van der Waals surface area contributed by atoms with E-state index in [1.807, 2.05) is 13.8 Å². The van der Waals surface area contributed by atoms with Crippen molar-refractivity contribution >= 4 is 6.03 Å². The van der Waals surface area contributed by atoms with Crippen molar-refractivity contribution in [2.75, 3.05) is 6.61 Å². The van der Waals surface area contributed by atoms with Gasteiger partial charge in [0.15, 0.2) is 0 Å². The van der Waals surface area contributed by atoms with Crippen LogP contribution in [0.4, 0.5) is 4.79 Å². The van der Waals surface area contributed by atoms with Crippen LogP contribution in [-0.4, -0.2) is 29.8 Å². The summed E-state index contributed by atoms with van der Waals surface area (Å²) in [5.41, 5.74) is 0.865. The Labute approximate surface area is 124 Å². The van der Waals surface area contributed by atoms with Crippen molar-refractivity contribution in [2.24, 2.45) is 5.92 Å². The minimum atomic E-state index is -0.162. The normalized spacial score (nSPS) is 25.6. The third kappa shape index (κ3) is 3.75. The lowest BCUT2D eigenvalue weighted by Crippen LogP contribution is -2.46. The molecular formula is C15H23N3O3. The predicted octanol–water partition coefficient (Wildman–Crippen LogP) is 2.05. The van der Waals surface area contributed by atoms with Gasteiger partial charge >= 0.3 is 6.03 Å². The number of hydrogen-bond donors (Lipinski definition) is 2. The highest BCUT2D eigenvalue weighted by molar-refractivity contribution is 5.74. The highest BCUT2D eigenvalue weighted by Gasteiger charge is 2.36. The number of amides is 2. The summed E-state index contributed by atoms with van der Waals surface area (Å²) in [6, 6.07) is 0.0438. The van der Waals surface area contributed by atoms with E-state index < -0.39 is 0 Å². The molecule has 6 heteroatoms. The van der Waals surface area contributed by atoms with Crippen molar-refractivity contribution in [3.8, 4) is 0 Å². The molecule has 21 heavy (non-hydrogen) atoms. The van der Waals surface area contributed by atoms with E-state index in [2.05, 4.69) is 15.6 Å². The van der Waals surface area contributed by atoms with Gasteiger partial charge in [0.05, 0.1) is 18.3 Å². The lowest BCUT2D eigenvalue weighted by molar-refractivity contribution is -0.00915. The first-order valence-electron chi connectivity index (χ1n) is 7.70. The molecule has 1 saturated heterocycles. The zero-order valence-electron chi connectivity index (χ0n) is 12.6. The van der Waals surface area contributed by atoms with Crippen LogP contribution in [0.5, 0.6) is 0 Å². The summed E-state index contributed by atoms with van der Waals surface area (Å²) >= 11 is 0. The van der Waals surface area contributed by atoms with E-state index in [0.717, 1.165) is 36.8 Å². The molecular weight excluding hydrogens is 270 g/mol. The number of carbonyl (C=O) groups is 1. The Balaban J connectivity index is 1.43. The first-order chi connectivity index (χ1) is 10.1. The molecule has 1 aliphatic heterocycles. The van der Waals surface area contributed by atoms with E-state index in [4.69, 9.17) is 9.15 Å². The average Bonchev–Trinajstić information content (AvgIpc) is 3.25. The zero-order chi connectivity index (χ0) is 14.8. The van der Waals surface area contributed by atoms with Gasteiger partial charge in [-0.2, -0.15) is 0 Å². The molecule has 1 aromatic rings. The molecule has 2 heterocycles. The van der Waals surface area contributed by atoms with Gasteiger partial charge in [0.2, 0.25) is 5.89 Å². The standard InChI is InChI=1S/C15H23N3O3/c1-9-10(2)21-14(17-9)8-16-15(19)18-12-5-6-20-13(7-12)11-3-4-11/h11-13H,3-8H2,1-2H3,(H2,16,18,19). The van der Waals surface area contributed by atoms with Gasteiger partial charge in [0, 0.05) is 12.6 Å². The Hall–Kier alpha value is -1.56. The fourth-order valence-corrected chi connectivity index (χ4v) is 2.76. The van der Waals surface area contributed by atoms with Crippen LogP contribution in [0.3, 0.4) is 0 Å². The summed E-state index contributed by atoms with van der Waals surface area (Å²) in [4.78, 5) is 16.2. The lowest BCUT2D eigenvalue weighted by atomic mass is 10.0. The molecule has 1 saturated carbocycles. The fourth-order valence-electron chi connectivity index (χ4n) is 2.76. The maximum Gasteiger partial charge on any atom is 0.315 e. The maximum atomic E-state index is 11.9. The number of ether oxygens (including phenoxy) is 1. The van der Waals surface area contributed by atoms with Gasteiger partial charge in [-0.15, -0.1) is 0 Å². The van der Waals surface area contributed by atoms with Gasteiger partial charge < -0.3 is 19.8 Å². The zero-order valence-corrected chi connectivity index (χ0v) is 12.6. The molecule has 2 atom stereocenters. The van der Waals surface area contributed by atoms with E-state index in [1.54, 1.807) is 0 Å². The highest BCUT2D eigenvalue weighted by atomic mass is 16.5. The van der Waals surface area contributed by atoms with Crippen LogP contribution in [-0.2, 0) is 11.3 Å². The molecule has 0 spiro atoms. The average molecular weight is 293 g/mol. The first-order valence-corrected chi connectivity index (χ1v) is 7.70. The van der Waals surface area contributed by atoms with Crippen LogP contribution in [0.2, 0.25) is 0 Å². The van der Waals surface area contributed by atoms with Crippen LogP contribution in [0.25, 0.3) is 0 Å². The molecule has 2 N–H and O–H groups in total. The molecule has 3 rings (SSSR count). The van der Waals surface area contributed by atoms with Crippen molar-refractivity contribution in [1.82, 2.24) is 15.6 Å². The second kappa shape index (κ2) is 6.05. The lowest BCUT2D eigenvalue weighted by Gasteiger charge is -2.30. The minimum Gasteiger partial charge on any atom is -0.444 e. The summed E-state index contributed by atoms with van der Waals surface area (Å²) in [5.74, 6) is 2.06. The number of aryl methyl sites for hydroxylation is 2. The molecule has 2 amide bonds. The first kappa shape index (κ1) is 14.4. The van der Waals surface area contributed by atoms with Crippen LogP contribution < -0.4 is 10.6 Å². The summed E-state index contributed by atoms with van der Waals surface area (Å²) in [6.07, 6.45) is 4.68. The Morgan fingerprint density at radius 1 is 1.33 bits per heavy atom. The molecule has 2 unspecified atom stereocenters. The van der Waals surface area contributed by atoms with E-state index >= 15 is 0 Å². The number of rotatable bonds is 4. The number of urea groups is 1. The van der Waals surface area contributed by atoms with Gasteiger partial charge in [0.1, 0.15) is 5.76 Å². The topological polar surface area (TPSA) is 76.4 Å². The predicted molar refractivity (Wildman–Crippen MR) is 76.8 cm³/mol. The van der Waals surface area contributed by atoms with Crippen LogP contribution in [0, 0.1) is 19.8 Å². The monoisotopic (exact) mass is 293 g/mol. The minimum absolute atomic E-state index is 0.162. The molecule has 0 radical (unpaired) electrons. The Bertz CT molecular complexity index is 491. The second-order valence-electron chi connectivity index (χ2n) is 6.04. The Kier molecular flexibility index (Phi) is 4.14. The number of oxazole rings is 1. The number of nitrogens with one attached hydrogen (secondary N) is 2. The molecule has 1 aliphatic carbocycles. The Morgan fingerprint density at radius 2 is 2.14 bits per heavy atom. The van der Waals surface area contributed by atoms with Gasteiger partial charge in [-0.1, -0.05) is 0 Å². The van der Waals surface area contributed by atoms with Crippen molar-refractivity contribution in [2.45, 2.75) is 58.2 Å². The summed E-state index contributed by atoms with van der Waals surface area (Å²) in [6.45, 7) is 4.81. The molecule has 1 aromatic heterocycles. The fraction of sp³-hybridized carbons (Fsp3) is 0.733. The molecule has 6 nitrogen and oxygen atoms in total. The largest absolute Gasteiger partial charge is 0.444 e. The Morgan fingerprint density at radius 3 is 2.81 bits per heavy atom. The summed E-state index contributed by atoms with van der Waals surface area (Å²) in [7, 11) is 0. The second-order valence-corrected chi connectivity index (χ2v) is 6.04. The number of aromatic nitrogens is 1. The van der Waals surface area contributed by atoms with Gasteiger partial charge in [-0.3, -0.25) is 0 Å². The summed E-state index contributed by atoms with van der Waals surface area (Å²) < 4.78 is 11.2. The number of carbonyl (C=O) groups excluding carboxylic acids is 1. The maximum absolute atomic E-state index is 11.9. The van der Waals surface area contributed by atoms with E-state index in [0.29, 0.717) is 18.5 Å². The van der Waals surface area contributed by atoms with Gasteiger partial charge in [-0.05, 0) is 45.4 Å². The van der Waals surface area contributed by atoms with Crippen LogP contribution in [0.1, 0.15) is 43.0 Å². The quantitative estimate of drug-likeness (QED) is 0.890. The van der Waals surface area contributed by atoms with E-state index in [1.165, 1.54) is 12.8 Å².